The molecule has 1 aliphatic rings. The van der Waals surface area contributed by atoms with Crippen LogP contribution in [-0.2, 0) is 32.6 Å². The monoisotopic (exact) mass is 633 g/mol. The molecule has 0 aliphatic carbocycles. The van der Waals surface area contributed by atoms with E-state index < -0.39 is 40.0 Å². The number of nitrogens with one attached hydrogen (secondary N) is 1. The maximum absolute atomic E-state index is 14.2. The summed E-state index contributed by atoms with van der Waals surface area (Å²) < 4.78 is 37.7. The topological polar surface area (TPSA) is 105 Å². The highest BCUT2D eigenvalue weighted by Gasteiger charge is 2.35. The Balaban J connectivity index is 1.78. The van der Waals surface area contributed by atoms with Crippen molar-refractivity contribution in [2.75, 3.05) is 23.9 Å². The highest BCUT2D eigenvalue weighted by molar-refractivity contribution is 7.92. The molecule has 1 atom stereocenters. The molecule has 9 nitrogen and oxygen atoms in total. The van der Waals surface area contributed by atoms with Gasteiger partial charge in [0.25, 0.3) is 0 Å². The van der Waals surface area contributed by atoms with E-state index in [-0.39, 0.29) is 25.4 Å². The fourth-order valence-electron chi connectivity index (χ4n) is 4.51. The number of nitrogens with zero attached hydrogens (tertiary/aromatic N) is 2. The molecule has 0 bridgehead atoms. The Bertz CT molecular complexity index is 1540. The lowest BCUT2D eigenvalue weighted by atomic mass is 10.0. The van der Waals surface area contributed by atoms with E-state index in [1.807, 2.05) is 51.1 Å². The van der Waals surface area contributed by atoms with Gasteiger partial charge in [-0.05, 0) is 50.6 Å². The quantitative estimate of drug-likeness (QED) is 0.335. The molecule has 0 unspecified atom stereocenters. The van der Waals surface area contributed by atoms with Gasteiger partial charge in [-0.3, -0.25) is 13.9 Å². The first kappa shape index (κ1) is 31.5. The van der Waals surface area contributed by atoms with E-state index in [1.54, 1.807) is 24.3 Å². The van der Waals surface area contributed by atoms with Gasteiger partial charge in [-0.2, -0.15) is 0 Å². The van der Waals surface area contributed by atoms with Crippen molar-refractivity contribution in [3.63, 3.8) is 0 Å². The second-order valence-electron chi connectivity index (χ2n) is 11.0. The van der Waals surface area contributed by atoms with Gasteiger partial charge in [0.15, 0.2) is 11.5 Å². The third-order valence-corrected chi connectivity index (χ3v) is 8.33. The SMILES string of the molecule is CC(C)(C)NC(=O)[C@H](Cc1ccccc1)N(Cc1c(Cl)cccc1Cl)C(=O)CN(c1ccc2c(c1)OCO2)S(C)(=O)=O. The van der Waals surface area contributed by atoms with Crippen LogP contribution in [0.5, 0.6) is 11.5 Å². The Labute approximate surface area is 256 Å². The van der Waals surface area contributed by atoms with E-state index in [4.69, 9.17) is 32.7 Å². The minimum atomic E-state index is -3.95. The summed E-state index contributed by atoms with van der Waals surface area (Å²) in [6.45, 7) is 4.80. The highest BCUT2D eigenvalue weighted by Crippen LogP contribution is 2.36. The zero-order chi connectivity index (χ0) is 30.7. The van der Waals surface area contributed by atoms with Crippen LogP contribution in [0, 0.1) is 0 Å². The third kappa shape index (κ3) is 7.87. The number of sulfonamides is 1. The molecule has 2 amide bonds. The first-order valence-corrected chi connectivity index (χ1v) is 15.8. The van der Waals surface area contributed by atoms with Crippen LogP contribution >= 0.6 is 23.2 Å². The number of hydrogen-bond donors (Lipinski definition) is 1. The molecule has 12 heteroatoms. The average molecular weight is 635 g/mol. The molecule has 224 valence electrons. The van der Waals surface area contributed by atoms with Crippen LogP contribution in [0.3, 0.4) is 0 Å². The minimum absolute atomic E-state index is 0.00696. The summed E-state index contributed by atoms with van der Waals surface area (Å²) in [6, 6.07) is 17.8. The van der Waals surface area contributed by atoms with E-state index in [9.17, 15) is 18.0 Å². The number of anilines is 1. The van der Waals surface area contributed by atoms with Crippen molar-refractivity contribution in [3.8, 4) is 11.5 Å². The van der Waals surface area contributed by atoms with Crippen molar-refractivity contribution >= 4 is 50.7 Å². The number of hydrogen-bond acceptors (Lipinski definition) is 6. The lowest BCUT2D eigenvalue weighted by Gasteiger charge is -2.35. The molecule has 1 heterocycles. The fourth-order valence-corrected chi connectivity index (χ4v) is 5.87. The van der Waals surface area contributed by atoms with Crippen molar-refractivity contribution in [1.82, 2.24) is 10.2 Å². The lowest BCUT2D eigenvalue weighted by Crippen LogP contribution is -2.56. The Morgan fingerprint density at radius 3 is 2.21 bits per heavy atom. The fraction of sp³-hybridized carbons (Fsp3) is 0.333. The minimum Gasteiger partial charge on any atom is -0.454 e. The van der Waals surface area contributed by atoms with E-state index in [0.717, 1.165) is 16.1 Å². The predicted molar refractivity (Wildman–Crippen MR) is 164 cm³/mol. The Morgan fingerprint density at radius 2 is 1.60 bits per heavy atom. The van der Waals surface area contributed by atoms with Crippen LogP contribution in [-0.4, -0.2) is 56.3 Å². The Morgan fingerprint density at radius 1 is 0.952 bits per heavy atom. The summed E-state index contributed by atoms with van der Waals surface area (Å²) in [4.78, 5) is 29.4. The summed E-state index contributed by atoms with van der Waals surface area (Å²) in [5.41, 5.74) is 0.855. The van der Waals surface area contributed by atoms with Crippen LogP contribution in [0.1, 0.15) is 31.9 Å². The van der Waals surface area contributed by atoms with Crippen molar-refractivity contribution in [1.29, 1.82) is 0 Å². The van der Waals surface area contributed by atoms with Crippen molar-refractivity contribution in [2.24, 2.45) is 0 Å². The molecular formula is C30H33Cl2N3O6S. The van der Waals surface area contributed by atoms with Gasteiger partial charge in [-0.1, -0.05) is 59.6 Å². The summed E-state index contributed by atoms with van der Waals surface area (Å²) in [5, 5.41) is 3.59. The lowest BCUT2D eigenvalue weighted by molar-refractivity contribution is -0.140. The molecule has 3 aromatic carbocycles. The third-order valence-electron chi connectivity index (χ3n) is 6.48. The smallest absolute Gasteiger partial charge is 0.244 e. The van der Waals surface area contributed by atoms with Crippen molar-refractivity contribution < 1.29 is 27.5 Å². The van der Waals surface area contributed by atoms with Crippen LogP contribution in [0.4, 0.5) is 5.69 Å². The molecule has 0 radical (unpaired) electrons. The summed E-state index contributed by atoms with van der Waals surface area (Å²) >= 11 is 13.0. The molecule has 1 aliphatic heterocycles. The summed E-state index contributed by atoms with van der Waals surface area (Å²) in [7, 11) is -3.95. The number of fused-ring (bicyclic) bond motifs is 1. The van der Waals surface area contributed by atoms with Crippen LogP contribution in [0.15, 0.2) is 66.7 Å². The van der Waals surface area contributed by atoms with Crippen molar-refractivity contribution in [2.45, 2.75) is 45.3 Å². The van der Waals surface area contributed by atoms with Gasteiger partial charge in [0.1, 0.15) is 12.6 Å². The van der Waals surface area contributed by atoms with Gasteiger partial charge in [-0.25, -0.2) is 8.42 Å². The average Bonchev–Trinajstić information content (AvgIpc) is 3.37. The molecule has 0 saturated heterocycles. The largest absolute Gasteiger partial charge is 0.454 e. The van der Waals surface area contributed by atoms with E-state index in [2.05, 4.69) is 5.32 Å². The molecule has 1 N–H and O–H groups in total. The van der Waals surface area contributed by atoms with Crippen molar-refractivity contribution in [3.05, 3.63) is 87.9 Å². The number of ether oxygens (including phenoxy) is 2. The van der Waals surface area contributed by atoms with Gasteiger partial charge in [0, 0.05) is 40.2 Å². The Kier molecular flexibility index (Phi) is 9.60. The van der Waals surface area contributed by atoms with E-state index in [1.165, 1.54) is 17.0 Å². The maximum atomic E-state index is 14.2. The van der Waals surface area contributed by atoms with Gasteiger partial charge < -0.3 is 19.7 Å². The van der Waals surface area contributed by atoms with Gasteiger partial charge >= 0.3 is 0 Å². The number of benzene rings is 3. The zero-order valence-corrected chi connectivity index (χ0v) is 26.1. The highest BCUT2D eigenvalue weighted by atomic mass is 35.5. The molecular weight excluding hydrogens is 601 g/mol. The number of carbonyl (C=O) groups excluding carboxylic acids is 2. The maximum Gasteiger partial charge on any atom is 0.244 e. The molecule has 0 aromatic heterocycles. The first-order chi connectivity index (χ1) is 19.7. The predicted octanol–water partition coefficient (Wildman–Crippen LogP) is 5.04. The normalized spacial score (nSPS) is 13.4. The second kappa shape index (κ2) is 12.8. The zero-order valence-electron chi connectivity index (χ0n) is 23.8. The number of amides is 2. The molecule has 3 aromatic rings. The molecule has 0 saturated carbocycles. The van der Waals surface area contributed by atoms with Gasteiger partial charge in [0.2, 0.25) is 28.6 Å². The van der Waals surface area contributed by atoms with Crippen LogP contribution < -0.4 is 19.1 Å². The van der Waals surface area contributed by atoms with Crippen LogP contribution in [0.2, 0.25) is 10.0 Å². The molecule has 0 spiro atoms. The number of rotatable bonds is 10. The molecule has 4 rings (SSSR count). The van der Waals surface area contributed by atoms with Gasteiger partial charge in [0.05, 0.1) is 11.9 Å². The first-order valence-electron chi connectivity index (χ1n) is 13.2. The summed E-state index contributed by atoms with van der Waals surface area (Å²) in [5.74, 6) is -0.203. The van der Waals surface area contributed by atoms with E-state index >= 15 is 0 Å². The summed E-state index contributed by atoms with van der Waals surface area (Å²) in [6.07, 6.45) is 1.17. The number of carbonyl (C=O) groups is 2. The van der Waals surface area contributed by atoms with Gasteiger partial charge in [-0.15, -0.1) is 0 Å². The molecule has 42 heavy (non-hydrogen) atoms. The molecule has 0 fully saturated rings. The second-order valence-corrected chi connectivity index (χ2v) is 13.7. The van der Waals surface area contributed by atoms with Crippen LogP contribution in [0.25, 0.3) is 0 Å². The Hall–Kier alpha value is -3.47. The van der Waals surface area contributed by atoms with E-state index in [0.29, 0.717) is 27.1 Å². The standard InChI is InChI=1S/C30H33Cl2N3O6S/c1-30(2,3)33-29(37)25(15-20-9-6-5-7-10-20)34(17-22-23(31)11-8-12-24(22)32)28(36)18-35(42(4,38)39)21-13-14-26-27(16-21)41-19-40-26/h5-14,16,25H,15,17-19H2,1-4H3,(H,33,37)/t25-/m0/s1. The number of halogens is 2.